The molecular weight excluding hydrogens is 196 g/mol. The van der Waals surface area contributed by atoms with Gasteiger partial charge in [-0.1, -0.05) is 26.7 Å². The zero-order valence-electron chi connectivity index (χ0n) is 11.6. The molecule has 2 N–H and O–H groups in total. The molecule has 0 bridgehead atoms. The van der Waals surface area contributed by atoms with Crippen LogP contribution >= 0.6 is 0 Å². The van der Waals surface area contributed by atoms with E-state index in [-0.39, 0.29) is 0 Å². The summed E-state index contributed by atoms with van der Waals surface area (Å²) in [6.07, 6.45) is 6.77. The van der Waals surface area contributed by atoms with E-state index in [0.29, 0.717) is 12.1 Å². The molecule has 2 heteroatoms. The highest BCUT2D eigenvalue weighted by Gasteiger charge is 2.27. The highest BCUT2D eigenvalue weighted by molar-refractivity contribution is 4.83. The molecule has 0 heterocycles. The summed E-state index contributed by atoms with van der Waals surface area (Å²) in [6, 6.07) is 1.80. The van der Waals surface area contributed by atoms with Gasteiger partial charge in [0.15, 0.2) is 0 Å². The molecule has 0 spiro atoms. The largest absolute Gasteiger partial charge is 0.328 e. The Morgan fingerprint density at radius 1 is 1.12 bits per heavy atom. The zero-order chi connectivity index (χ0) is 12.1. The van der Waals surface area contributed by atoms with Gasteiger partial charge in [0.2, 0.25) is 0 Å². The van der Waals surface area contributed by atoms with Crippen molar-refractivity contribution in [3.8, 4) is 0 Å². The lowest BCUT2D eigenvalue weighted by atomic mass is 10.0. The van der Waals surface area contributed by atoms with Crippen molar-refractivity contribution in [1.82, 2.24) is 4.90 Å². The Hall–Kier alpha value is -0.0800. The van der Waals surface area contributed by atoms with E-state index >= 15 is 0 Å². The molecule has 1 fully saturated rings. The van der Waals surface area contributed by atoms with Gasteiger partial charge in [-0.25, -0.2) is 0 Å². The van der Waals surface area contributed by atoms with Crippen LogP contribution in [0.2, 0.25) is 0 Å². The molecule has 0 radical (unpaired) electrons. The summed E-state index contributed by atoms with van der Waals surface area (Å²) in [5.74, 6) is 0.760. The molecule has 1 rings (SSSR count). The molecule has 2 atom stereocenters. The van der Waals surface area contributed by atoms with E-state index in [9.17, 15) is 0 Å². The van der Waals surface area contributed by atoms with Gasteiger partial charge in [0.25, 0.3) is 0 Å². The Labute approximate surface area is 102 Å². The highest BCUT2D eigenvalue weighted by Crippen LogP contribution is 2.26. The lowest BCUT2D eigenvalue weighted by molar-refractivity contribution is 0.118. The van der Waals surface area contributed by atoms with Crippen LogP contribution in [0.15, 0.2) is 0 Å². The molecule has 2 unspecified atom stereocenters. The summed E-state index contributed by atoms with van der Waals surface area (Å²) in [4.78, 5) is 2.72. The minimum Gasteiger partial charge on any atom is -0.328 e. The quantitative estimate of drug-likeness (QED) is 0.754. The Bertz CT molecular complexity index is 183. The van der Waals surface area contributed by atoms with Crippen molar-refractivity contribution >= 4 is 0 Å². The maximum atomic E-state index is 5.93. The maximum Gasteiger partial charge on any atom is 0.00982 e. The maximum absolute atomic E-state index is 5.93. The van der Waals surface area contributed by atoms with Crippen molar-refractivity contribution in [3.05, 3.63) is 0 Å². The predicted molar refractivity (Wildman–Crippen MR) is 71.5 cm³/mol. The Kier molecular flexibility index (Phi) is 5.77. The first-order valence-electron chi connectivity index (χ1n) is 7.02. The molecule has 0 aromatic rings. The van der Waals surface area contributed by atoms with E-state index in [2.05, 4.69) is 32.6 Å². The summed E-state index contributed by atoms with van der Waals surface area (Å²) >= 11 is 0. The summed E-state index contributed by atoms with van der Waals surface area (Å²) in [5, 5.41) is 0. The minimum atomic E-state index is 0.325. The van der Waals surface area contributed by atoms with Gasteiger partial charge in [-0.15, -0.1) is 0 Å². The number of hydrogen-bond acceptors (Lipinski definition) is 2. The van der Waals surface area contributed by atoms with Gasteiger partial charge in [-0.3, -0.25) is 4.90 Å². The van der Waals surface area contributed by atoms with E-state index < -0.39 is 0 Å². The fourth-order valence-corrected chi connectivity index (χ4v) is 3.02. The Morgan fingerprint density at radius 3 is 2.12 bits per heavy atom. The van der Waals surface area contributed by atoms with Crippen LogP contribution in [0.5, 0.6) is 0 Å². The smallest absolute Gasteiger partial charge is 0.00982 e. The van der Waals surface area contributed by atoms with Gasteiger partial charge in [0, 0.05) is 24.7 Å². The Morgan fingerprint density at radius 2 is 1.69 bits per heavy atom. The van der Waals surface area contributed by atoms with Crippen molar-refractivity contribution in [3.63, 3.8) is 0 Å². The molecular formula is C14H30N2. The number of nitrogens with zero attached hydrogens (tertiary/aromatic N) is 1. The first-order valence-corrected chi connectivity index (χ1v) is 7.02. The lowest BCUT2D eigenvalue weighted by Crippen LogP contribution is -2.44. The summed E-state index contributed by atoms with van der Waals surface area (Å²) in [7, 11) is 0. The first-order chi connectivity index (χ1) is 7.50. The van der Waals surface area contributed by atoms with Gasteiger partial charge >= 0.3 is 0 Å². The molecule has 0 aliphatic heterocycles. The third-order valence-corrected chi connectivity index (χ3v) is 3.65. The summed E-state index contributed by atoms with van der Waals surface area (Å²) in [5.41, 5.74) is 5.93. The summed E-state index contributed by atoms with van der Waals surface area (Å²) in [6.45, 7) is 10.3. The molecule has 0 amide bonds. The topological polar surface area (TPSA) is 29.3 Å². The number of hydrogen-bond donors (Lipinski definition) is 1. The molecule has 1 saturated carbocycles. The molecule has 2 nitrogen and oxygen atoms in total. The van der Waals surface area contributed by atoms with Crippen LogP contribution < -0.4 is 5.73 Å². The molecule has 0 aromatic heterocycles. The first kappa shape index (κ1) is 14.0. The second-order valence-electron chi connectivity index (χ2n) is 6.09. The van der Waals surface area contributed by atoms with Gasteiger partial charge in [-0.2, -0.15) is 0 Å². The van der Waals surface area contributed by atoms with Gasteiger partial charge < -0.3 is 5.73 Å². The van der Waals surface area contributed by atoms with Crippen LogP contribution in [0.1, 0.15) is 59.8 Å². The van der Waals surface area contributed by atoms with Gasteiger partial charge in [-0.05, 0) is 39.0 Å². The van der Waals surface area contributed by atoms with Crippen LogP contribution in [0.4, 0.5) is 0 Å². The molecule has 0 saturated heterocycles. The minimum absolute atomic E-state index is 0.325. The third-order valence-electron chi connectivity index (χ3n) is 3.65. The van der Waals surface area contributed by atoms with Crippen molar-refractivity contribution in [2.24, 2.45) is 11.7 Å². The average molecular weight is 226 g/mol. The van der Waals surface area contributed by atoms with Crippen LogP contribution in [0, 0.1) is 5.92 Å². The van der Waals surface area contributed by atoms with Crippen LogP contribution in [0.3, 0.4) is 0 Å². The monoisotopic (exact) mass is 226 g/mol. The summed E-state index contributed by atoms with van der Waals surface area (Å²) < 4.78 is 0. The van der Waals surface area contributed by atoms with Crippen molar-refractivity contribution in [2.75, 3.05) is 6.54 Å². The normalized spacial score (nSPS) is 21.9. The predicted octanol–water partition coefficient (Wildman–Crippen LogP) is 3.01. The zero-order valence-corrected chi connectivity index (χ0v) is 11.6. The average Bonchev–Trinajstić information content (AvgIpc) is 2.64. The second-order valence-corrected chi connectivity index (χ2v) is 6.09. The fourth-order valence-electron chi connectivity index (χ4n) is 3.02. The van der Waals surface area contributed by atoms with E-state index in [1.807, 2.05) is 0 Å². The highest BCUT2D eigenvalue weighted by atomic mass is 15.2. The van der Waals surface area contributed by atoms with Crippen LogP contribution in [-0.2, 0) is 0 Å². The second kappa shape index (κ2) is 6.61. The number of rotatable bonds is 6. The molecule has 1 aliphatic rings. The van der Waals surface area contributed by atoms with Crippen LogP contribution in [-0.4, -0.2) is 29.6 Å². The van der Waals surface area contributed by atoms with Crippen molar-refractivity contribution < 1.29 is 0 Å². The van der Waals surface area contributed by atoms with E-state index in [1.165, 1.54) is 32.2 Å². The van der Waals surface area contributed by atoms with Crippen LogP contribution in [0.25, 0.3) is 0 Å². The lowest BCUT2D eigenvalue weighted by Gasteiger charge is -2.36. The van der Waals surface area contributed by atoms with E-state index in [4.69, 9.17) is 5.73 Å². The molecule has 96 valence electrons. The Balaban J connectivity index is 2.54. The number of nitrogens with two attached hydrogens (primary N) is 1. The van der Waals surface area contributed by atoms with E-state index in [0.717, 1.165) is 18.4 Å². The SMILES string of the molecule is CC(C)CN(C(C)CC(C)N)C1CCCC1. The third kappa shape index (κ3) is 4.42. The van der Waals surface area contributed by atoms with Crippen molar-refractivity contribution in [1.29, 1.82) is 0 Å². The van der Waals surface area contributed by atoms with E-state index in [1.54, 1.807) is 0 Å². The van der Waals surface area contributed by atoms with Crippen molar-refractivity contribution in [2.45, 2.75) is 77.9 Å². The standard InChI is InChI=1S/C14H30N2/c1-11(2)10-16(13(4)9-12(3)15)14-7-5-6-8-14/h11-14H,5-10,15H2,1-4H3. The van der Waals surface area contributed by atoms with Gasteiger partial charge in [0.1, 0.15) is 0 Å². The molecule has 0 aromatic carbocycles. The molecule has 16 heavy (non-hydrogen) atoms. The van der Waals surface area contributed by atoms with Gasteiger partial charge in [0.05, 0.1) is 0 Å². The molecule has 1 aliphatic carbocycles. The fraction of sp³-hybridized carbons (Fsp3) is 1.00.